The van der Waals surface area contributed by atoms with E-state index in [1.165, 1.54) is 40.5 Å². The van der Waals surface area contributed by atoms with Gasteiger partial charge in [0.2, 0.25) is 17.4 Å². The molecule has 1 aliphatic rings. The second-order valence-electron chi connectivity index (χ2n) is 9.58. The summed E-state index contributed by atoms with van der Waals surface area (Å²) < 4.78 is 34.7. The first-order valence-corrected chi connectivity index (χ1v) is 12.7. The number of rotatable bonds is 6. The number of pyridine rings is 1. The number of fused-ring (bicyclic) bond motifs is 2. The minimum atomic E-state index is -0.835. The highest BCUT2D eigenvalue weighted by Gasteiger charge is 2.23. The zero-order chi connectivity index (χ0) is 27.3. The number of aromatic amines is 1. The van der Waals surface area contributed by atoms with Gasteiger partial charge in [0.15, 0.2) is 11.6 Å². The number of hydrogen-bond donors (Lipinski definition) is 2. The van der Waals surface area contributed by atoms with Crippen LogP contribution in [0.2, 0.25) is 0 Å². The van der Waals surface area contributed by atoms with Crippen LogP contribution in [0.5, 0.6) is 11.6 Å². The average Bonchev–Trinajstić information content (AvgIpc) is 3.52. The van der Waals surface area contributed by atoms with E-state index in [-0.39, 0.29) is 23.0 Å². The van der Waals surface area contributed by atoms with Crippen molar-refractivity contribution in [3.8, 4) is 17.3 Å². The van der Waals surface area contributed by atoms with E-state index >= 15 is 0 Å². The molecule has 0 radical (unpaired) electrons. The fourth-order valence-electron chi connectivity index (χ4n) is 5.10. The highest BCUT2D eigenvalue weighted by Crippen LogP contribution is 2.33. The number of benzene rings is 2. The lowest BCUT2D eigenvalue weighted by Crippen LogP contribution is -2.28. The van der Waals surface area contributed by atoms with Gasteiger partial charge >= 0.3 is 0 Å². The van der Waals surface area contributed by atoms with E-state index in [1.807, 2.05) is 6.07 Å². The molecular formula is C29H26F2N6O2. The number of nitrogens with two attached hydrogens (primary N) is 1. The van der Waals surface area contributed by atoms with Crippen LogP contribution in [0.3, 0.4) is 0 Å². The number of halogens is 2. The van der Waals surface area contributed by atoms with Gasteiger partial charge in [-0.15, -0.1) is 0 Å². The Balaban J connectivity index is 1.29. The van der Waals surface area contributed by atoms with Crippen molar-refractivity contribution in [3.05, 3.63) is 88.9 Å². The molecule has 198 valence electrons. The maximum atomic E-state index is 14.0. The van der Waals surface area contributed by atoms with Crippen molar-refractivity contribution in [2.45, 2.75) is 26.7 Å². The summed E-state index contributed by atoms with van der Waals surface area (Å²) in [5, 5.41) is 5.30. The second kappa shape index (κ2) is 9.54. The molecule has 6 rings (SSSR count). The highest BCUT2D eigenvalue weighted by molar-refractivity contribution is 6.12. The fraction of sp³-hybridized carbons (Fsp3) is 0.207. The van der Waals surface area contributed by atoms with E-state index in [9.17, 15) is 13.6 Å². The molecule has 0 fully saturated rings. The summed E-state index contributed by atoms with van der Waals surface area (Å²) in [4.78, 5) is 23.2. The Morgan fingerprint density at radius 2 is 1.92 bits per heavy atom. The Labute approximate surface area is 223 Å². The van der Waals surface area contributed by atoms with Crippen LogP contribution in [-0.4, -0.2) is 38.6 Å². The van der Waals surface area contributed by atoms with Gasteiger partial charge < -0.3 is 20.4 Å². The number of aromatic nitrogens is 4. The summed E-state index contributed by atoms with van der Waals surface area (Å²) in [6.07, 6.45) is 4.97. The Morgan fingerprint density at radius 1 is 1.13 bits per heavy atom. The molecule has 2 aromatic carbocycles. The summed E-state index contributed by atoms with van der Waals surface area (Å²) >= 11 is 0. The van der Waals surface area contributed by atoms with Crippen molar-refractivity contribution in [1.29, 1.82) is 0 Å². The third-order valence-corrected chi connectivity index (χ3v) is 7.12. The topological polar surface area (TPSA) is 102 Å². The third-order valence-electron chi connectivity index (χ3n) is 7.12. The summed E-state index contributed by atoms with van der Waals surface area (Å²) in [6.45, 7) is 5.86. The predicted octanol–water partition coefficient (Wildman–Crippen LogP) is 5.71. The number of ether oxygens (including phenoxy) is 1. The lowest BCUT2D eigenvalue weighted by molar-refractivity contribution is 0.103. The summed E-state index contributed by atoms with van der Waals surface area (Å²) in [6, 6.07) is 11.1. The van der Waals surface area contributed by atoms with Crippen LogP contribution in [0.25, 0.3) is 16.6 Å². The number of para-hydroxylation sites is 1. The van der Waals surface area contributed by atoms with E-state index in [4.69, 9.17) is 10.5 Å². The number of H-pyrrole nitrogens is 1. The second-order valence-corrected chi connectivity index (χ2v) is 9.58. The number of aryl methyl sites for hydroxylation is 2. The van der Waals surface area contributed by atoms with Gasteiger partial charge in [0, 0.05) is 35.7 Å². The van der Waals surface area contributed by atoms with Crippen LogP contribution in [0.1, 0.15) is 40.5 Å². The maximum Gasteiger partial charge on any atom is 0.219 e. The third kappa shape index (κ3) is 4.27. The molecule has 0 saturated heterocycles. The maximum absolute atomic E-state index is 14.0. The van der Waals surface area contributed by atoms with Crippen LogP contribution < -0.4 is 15.4 Å². The van der Waals surface area contributed by atoms with E-state index < -0.39 is 17.4 Å². The Bertz CT molecular complexity index is 1720. The number of nitrogen functional groups attached to an aromatic ring is 1. The molecule has 5 aromatic rings. The summed E-state index contributed by atoms with van der Waals surface area (Å²) in [7, 11) is 0. The van der Waals surface area contributed by atoms with Gasteiger partial charge in [-0.3, -0.25) is 4.79 Å². The van der Waals surface area contributed by atoms with Crippen molar-refractivity contribution >= 4 is 28.2 Å². The first-order chi connectivity index (χ1) is 18.8. The number of carbonyl (C=O) groups is 1. The zero-order valence-electron chi connectivity index (χ0n) is 21.5. The van der Waals surface area contributed by atoms with E-state index in [0.717, 1.165) is 49.0 Å². The van der Waals surface area contributed by atoms with Gasteiger partial charge in [-0.1, -0.05) is 6.07 Å². The molecule has 0 spiro atoms. The number of nitrogens with zero attached hydrogens (tertiary/aromatic N) is 4. The normalized spacial score (nSPS) is 13.1. The van der Waals surface area contributed by atoms with Crippen LogP contribution in [0.15, 0.2) is 54.9 Å². The largest absolute Gasteiger partial charge is 0.433 e. The molecule has 3 aromatic heterocycles. The molecule has 0 bridgehead atoms. The average molecular weight is 529 g/mol. The molecule has 8 nitrogen and oxygen atoms in total. The smallest absolute Gasteiger partial charge is 0.219 e. The number of nitrogens with one attached hydrogen (secondary N) is 1. The van der Waals surface area contributed by atoms with E-state index in [2.05, 4.69) is 39.0 Å². The molecule has 39 heavy (non-hydrogen) atoms. The van der Waals surface area contributed by atoms with Gasteiger partial charge in [0.05, 0.1) is 29.3 Å². The van der Waals surface area contributed by atoms with Crippen LogP contribution in [0, 0.1) is 18.6 Å². The van der Waals surface area contributed by atoms with Gasteiger partial charge in [0.25, 0.3) is 0 Å². The first-order valence-electron chi connectivity index (χ1n) is 12.7. The van der Waals surface area contributed by atoms with E-state index in [1.54, 1.807) is 6.92 Å². The standard InChI is InChI=1S/C29H26F2N6O2/c1-3-36-9-5-6-17-11-18-12-23(35-22(18)13-24(17)36)27(38)19-14-34-37(29(19)32)25-15-33-26(10-16(25)2)39-28-20(30)7-4-8-21(28)31/h4,7-8,10-15,35H,3,5-6,9,32H2,1-2H3. The number of anilines is 2. The Morgan fingerprint density at radius 3 is 2.67 bits per heavy atom. The van der Waals surface area contributed by atoms with Crippen molar-refractivity contribution in [2.24, 2.45) is 0 Å². The fourth-order valence-corrected chi connectivity index (χ4v) is 5.10. The molecule has 1 aliphatic heterocycles. The molecule has 0 saturated carbocycles. The Hall–Kier alpha value is -4.73. The molecule has 3 N–H and O–H groups in total. The predicted molar refractivity (Wildman–Crippen MR) is 145 cm³/mol. The number of carbonyl (C=O) groups excluding carboxylic acids is 1. The monoisotopic (exact) mass is 528 g/mol. The van der Waals surface area contributed by atoms with Crippen LogP contribution in [0.4, 0.5) is 20.3 Å². The molecule has 4 heterocycles. The molecule has 0 unspecified atom stereocenters. The van der Waals surface area contributed by atoms with Gasteiger partial charge in [-0.25, -0.2) is 18.4 Å². The SMILES string of the molecule is CCN1CCCc2cc3cc(C(=O)c4cnn(-c5cnc(Oc6c(F)cccc6F)cc5C)c4N)[nH]c3cc21. The summed E-state index contributed by atoms with van der Waals surface area (Å²) in [5.74, 6) is -2.33. The van der Waals surface area contributed by atoms with E-state index in [0.29, 0.717) is 16.9 Å². The minimum absolute atomic E-state index is 0.00434. The van der Waals surface area contributed by atoms with Crippen molar-refractivity contribution < 1.29 is 18.3 Å². The zero-order valence-corrected chi connectivity index (χ0v) is 21.5. The lowest BCUT2D eigenvalue weighted by Gasteiger charge is -2.30. The van der Waals surface area contributed by atoms with Crippen molar-refractivity contribution in [3.63, 3.8) is 0 Å². The van der Waals surface area contributed by atoms with Crippen molar-refractivity contribution in [2.75, 3.05) is 23.7 Å². The van der Waals surface area contributed by atoms with Crippen molar-refractivity contribution in [1.82, 2.24) is 19.7 Å². The van der Waals surface area contributed by atoms with Gasteiger partial charge in [0.1, 0.15) is 5.82 Å². The molecule has 0 amide bonds. The summed E-state index contributed by atoms with van der Waals surface area (Å²) in [5.41, 5.74) is 11.6. The Kier molecular flexibility index (Phi) is 6.02. The van der Waals surface area contributed by atoms with Crippen LogP contribution in [-0.2, 0) is 6.42 Å². The lowest BCUT2D eigenvalue weighted by atomic mass is 10.00. The minimum Gasteiger partial charge on any atom is -0.433 e. The van der Waals surface area contributed by atoms with Gasteiger partial charge in [-0.2, -0.15) is 5.10 Å². The quantitative estimate of drug-likeness (QED) is 0.274. The van der Waals surface area contributed by atoms with Crippen LogP contribution >= 0.6 is 0 Å². The first kappa shape index (κ1) is 24.6. The molecule has 0 aliphatic carbocycles. The number of hydrogen-bond acceptors (Lipinski definition) is 6. The molecular weight excluding hydrogens is 502 g/mol. The number of ketones is 1. The highest BCUT2D eigenvalue weighted by atomic mass is 19.1. The van der Waals surface area contributed by atoms with Gasteiger partial charge in [-0.05, 0) is 68.1 Å². The molecule has 0 atom stereocenters. The molecule has 10 heteroatoms.